The summed E-state index contributed by atoms with van der Waals surface area (Å²) in [5.74, 6) is 2.37. The number of piperidine rings is 2. The average molecular weight is 435 g/mol. The fourth-order valence-electron chi connectivity index (χ4n) is 4.39. The molecule has 30 heavy (non-hydrogen) atoms. The Bertz CT molecular complexity index is 690. The largest absolute Gasteiger partial charge is 0.359 e. The molecule has 0 bridgehead atoms. The molecule has 1 aromatic heterocycles. The zero-order valence-corrected chi connectivity index (χ0v) is 19.6. The van der Waals surface area contributed by atoms with Gasteiger partial charge in [0.2, 0.25) is 5.91 Å². The first-order valence-electron chi connectivity index (χ1n) is 11.4. The van der Waals surface area contributed by atoms with E-state index in [1.807, 2.05) is 0 Å². The molecule has 8 heteroatoms. The number of carbonyl (C=O) groups excluding carboxylic acids is 1. The highest BCUT2D eigenvalue weighted by atomic mass is 32.1. The van der Waals surface area contributed by atoms with Gasteiger partial charge in [-0.3, -0.25) is 14.7 Å². The summed E-state index contributed by atoms with van der Waals surface area (Å²) in [4.78, 5) is 26.1. The van der Waals surface area contributed by atoms with Gasteiger partial charge in [0.05, 0.1) is 10.7 Å². The highest BCUT2D eigenvalue weighted by Crippen LogP contribution is 2.22. The standard InChI is InChI=1S/C22H38N6OS/c1-4-24-22(28-11-7-18(8-12-28)13-21(29)23-3)25-14-19-5-9-27(10-6-19)15-20-16-30-17(2)26-20/h16,18-19H,4-15H2,1-3H3,(H,23,29)(H,24,25). The van der Waals surface area contributed by atoms with Crippen molar-refractivity contribution in [3.05, 3.63) is 16.1 Å². The van der Waals surface area contributed by atoms with Crippen molar-refractivity contribution in [1.82, 2.24) is 25.4 Å². The molecule has 0 saturated carbocycles. The zero-order valence-electron chi connectivity index (χ0n) is 18.8. The second-order valence-electron chi connectivity index (χ2n) is 8.58. The fourth-order valence-corrected chi connectivity index (χ4v) is 5.00. The van der Waals surface area contributed by atoms with Crippen molar-refractivity contribution in [2.75, 3.05) is 46.3 Å². The van der Waals surface area contributed by atoms with Crippen LogP contribution in [-0.4, -0.2) is 73.0 Å². The molecule has 3 heterocycles. The number of thiazole rings is 1. The first kappa shape index (κ1) is 23.0. The van der Waals surface area contributed by atoms with Gasteiger partial charge in [-0.25, -0.2) is 4.98 Å². The highest BCUT2D eigenvalue weighted by molar-refractivity contribution is 7.09. The molecule has 0 radical (unpaired) electrons. The van der Waals surface area contributed by atoms with Crippen molar-refractivity contribution in [2.45, 2.75) is 52.5 Å². The Morgan fingerprint density at radius 3 is 2.50 bits per heavy atom. The normalized spacial score (nSPS) is 19.8. The van der Waals surface area contributed by atoms with Crippen LogP contribution in [0, 0.1) is 18.8 Å². The summed E-state index contributed by atoms with van der Waals surface area (Å²) in [6.45, 7) is 11.2. The number of aromatic nitrogens is 1. The number of guanidine groups is 1. The van der Waals surface area contributed by atoms with E-state index in [1.54, 1.807) is 18.4 Å². The lowest BCUT2D eigenvalue weighted by Gasteiger charge is -2.35. The van der Waals surface area contributed by atoms with Crippen molar-refractivity contribution >= 4 is 23.2 Å². The first-order chi connectivity index (χ1) is 14.6. The smallest absolute Gasteiger partial charge is 0.220 e. The minimum Gasteiger partial charge on any atom is -0.359 e. The quantitative estimate of drug-likeness (QED) is 0.510. The van der Waals surface area contributed by atoms with E-state index in [0.717, 1.165) is 69.6 Å². The predicted molar refractivity (Wildman–Crippen MR) is 124 cm³/mol. The summed E-state index contributed by atoms with van der Waals surface area (Å²) in [6, 6.07) is 0. The van der Waals surface area contributed by atoms with Crippen LogP contribution in [0.15, 0.2) is 10.4 Å². The lowest BCUT2D eigenvalue weighted by atomic mass is 9.93. The average Bonchev–Trinajstić information content (AvgIpc) is 3.17. The van der Waals surface area contributed by atoms with Crippen molar-refractivity contribution in [3.8, 4) is 0 Å². The molecule has 7 nitrogen and oxygen atoms in total. The number of nitrogens with one attached hydrogen (secondary N) is 2. The Labute approximate surface area is 185 Å². The summed E-state index contributed by atoms with van der Waals surface area (Å²) >= 11 is 1.74. The zero-order chi connectivity index (χ0) is 21.3. The van der Waals surface area contributed by atoms with E-state index in [9.17, 15) is 4.79 Å². The SMILES string of the molecule is CCNC(=NCC1CCN(Cc2csc(C)n2)CC1)N1CCC(CC(=O)NC)CC1. The number of nitrogens with zero attached hydrogens (tertiary/aromatic N) is 4. The molecule has 0 unspecified atom stereocenters. The minimum atomic E-state index is 0.158. The maximum absolute atomic E-state index is 11.6. The third-order valence-electron chi connectivity index (χ3n) is 6.26. The summed E-state index contributed by atoms with van der Waals surface area (Å²) in [6.07, 6.45) is 5.19. The molecule has 0 aliphatic carbocycles. The number of likely N-dealkylation sites (tertiary alicyclic amines) is 2. The molecule has 2 N–H and O–H groups in total. The van der Waals surface area contributed by atoms with Crippen LogP contribution in [0.5, 0.6) is 0 Å². The fraction of sp³-hybridized carbons (Fsp3) is 0.773. The second kappa shape index (κ2) is 11.6. The van der Waals surface area contributed by atoms with Gasteiger partial charge in [-0.1, -0.05) is 0 Å². The third-order valence-corrected chi connectivity index (χ3v) is 7.08. The van der Waals surface area contributed by atoms with Crippen LogP contribution in [-0.2, 0) is 11.3 Å². The first-order valence-corrected chi connectivity index (χ1v) is 12.3. The second-order valence-corrected chi connectivity index (χ2v) is 9.64. The van der Waals surface area contributed by atoms with Crippen LogP contribution >= 0.6 is 11.3 Å². The summed E-state index contributed by atoms with van der Waals surface area (Å²) in [5.41, 5.74) is 1.21. The van der Waals surface area contributed by atoms with Gasteiger partial charge >= 0.3 is 0 Å². The summed E-state index contributed by atoms with van der Waals surface area (Å²) in [7, 11) is 1.72. The molecule has 1 aromatic rings. The van der Waals surface area contributed by atoms with Crippen LogP contribution in [0.2, 0.25) is 0 Å². The highest BCUT2D eigenvalue weighted by Gasteiger charge is 2.24. The molecule has 2 fully saturated rings. The molecule has 1 amide bonds. The Kier molecular flexibility index (Phi) is 8.93. The van der Waals surface area contributed by atoms with E-state index >= 15 is 0 Å². The van der Waals surface area contributed by atoms with Crippen LogP contribution in [0.25, 0.3) is 0 Å². The molecule has 2 saturated heterocycles. The van der Waals surface area contributed by atoms with Crippen LogP contribution in [0.4, 0.5) is 0 Å². The van der Waals surface area contributed by atoms with E-state index in [1.165, 1.54) is 18.5 Å². The summed E-state index contributed by atoms with van der Waals surface area (Å²) < 4.78 is 0. The van der Waals surface area contributed by atoms with Crippen LogP contribution in [0.1, 0.15) is 49.7 Å². The molecular weight excluding hydrogens is 396 g/mol. The van der Waals surface area contributed by atoms with Gasteiger partial charge in [0, 0.05) is 51.6 Å². The molecule has 2 aliphatic heterocycles. The van der Waals surface area contributed by atoms with Gasteiger partial charge in [0.15, 0.2) is 5.96 Å². The van der Waals surface area contributed by atoms with Gasteiger partial charge in [-0.15, -0.1) is 11.3 Å². The van der Waals surface area contributed by atoms with E-state index in [4.69, 9.17) is 4.99 Å². The van der Waals surface area contributed by atoms with Gasteiger partial charge in [-0.05, 0) is 64.5 Å². The minimum absolute atomic E-state index is 0.158. The summed E-state index contributed by atoms with van der Waals surface area (Å²) in [5, 5.41) is 9.57. The Morgan fingerprint density at radius 1 is 1.20 bits per heavy atom. The number of aliphatic imine (C=N–C) groups is 1. The number of hydrogen-bond acceptors (Lipinski definition) is 5. The third kappa shape index (κ3) is 6.94. The number of aryl methyl sites for hydroxylation is 1. The van der Waals surface area contributed by atoms with Crippen LogP contribution < -0.4 is 10.6 Å². The Hall–Kier alpha value is -1.67. The lowest BCUT2D eigenvalue weighted by Crippen LogP contribution is -2.46. The van der Waals surface area contributed by atoms with Crippen molar-refractivity contribution in [1.29, 1.82) is 0 Å². The molecule has 2 aliphatic rings. The monoisotopic (exact) mass is 434 g/mol. The van der Waals surface area contributed by atoms with Gasteiger partial charge < -0.3 is 15.5 Å². The number of hydrogen-bond donors (Lipinski definition) is 2. The molecule has 0 aromatic carbocycles. The van der Waals surface area contributed by atoms with Gasteiger partial charge in [0.25, 0.3) is 0 Å². The maximum atomic E-state index is 11.6. The van der Waals surface area contributed by atoms with E-state index < -0.39 is 0 Å². The van der Waals surface area contributed by atoms with Gasteiger partial charge in [0.1, 0.15) is 0 Å². The number of carbonyl (C=O) groups is 1. The van der Waals surface area contributed by atoms with E-state index in [2.05, 4.69) is 44.6 Å². The topological polar surface area (TPSA) is 72.9 Å². The van der Waals surface area contributed by atoms with Crippen molar-refractivity contribution in [2.24, 2.45) is 16.8 Å². The van der Waals surface area contributed by atoms with Gasteiger partial charge in [-0.2, -0.15) is 0 Å². The molecule has 168 valence electrons. The Balaban J connectivity index is 1.43. The van der Waals surface area contributed by atoms with Crippen molar-refractivity contribution < 1.29 is 4.79 Å². The lowest BCUT2D eigenvalue weighted by molar-refractivity contribution is -0.121. The molecule has 0 atom stereocenters. The maximum Gasteiger partial charge on any atom is 0.220 e. The molecular formula is C22H38N6OS. The molecule has 0 spiro atoms. The molecule has 3 rings (SSSR count). The van der Waals surface area contributed by atoms with E-state index in [0.29, 0.717) is 18.3 Å². The van der Waals surface area contributed by atoms with E-state index in [-0.39, 0.29) is 5.91 Å². The number of amides is 1. The van der Waals surface area contributed by atoms with Crippen LogP contribution in [0.3, 0.4) is 0 Å². The number of rotatable bonds is 7. The Morgan fingerprint density at radius 2 is 1.90 bits per heavy atom. The predicted octanol–water partition coefficient (Wildman–Crippen LogP) is 2.48. The van der Waals surface area contributed by atoms with Crippen molar-refractivity contribution in [3.63, 3.8) is 0 Å².